The highest BCUT2D eigenvalue weighted by atomic mass is 35.5. The van der Waals surface area contributed by atoms with Crippen LogP contribution in [0.25, 0.3) is 0 Å². The van der Waals surface area contributed by atoms with Crippen molar-refractivity contribution in [2.75, 3.05) is 18.1 Å². The van der Waals surface area contributed by atoms with Crippen LogP contribution in [-0.4, -0.2) is 23.1 Å². The van der Waals surface area contributed by atoms with Gasteiger partial charge in [0.2, 0.25) is 0 Å². The van der Waals surface area contributed by atoms with Crippen LogP contribution in [0.2, 0.25) is 5.02 Å². The Labute approximate surface area is 212 Å². The second-order valence-corrected chi connectivity index (χ2v) is 9.11. The molecular formula is C28H23ClF3N3O. The lowest BCUT2D eigenvalue weighted by Crippen LogP contribution is -2.26. The number of hydrogen-bond donors (Lipinski definition) is 0. The van der Waals surface area contributed by atoms with Gasteiger partial charge in [0.25, 0.3) is 0 Å². The zero-order valence-corrected chi connectivity index (χ0v) is 20.0. The molecule has 5 rings (SSSR count). The maximum Gasteiger partial charge on any atom is 0.416 e. The van der Waals surface area contributed by atoms with Crippen LogP contribution in [0, 0.1) is 0 Å². The molecule has 1 saturated heterocycles. The Hall–Kier alpha value is -3.55. The van der Waals surface area contributed by atoms with E-state index >= 15 is 0 Å². The normalized spacial score (nSPS) is 16.3. The van der Waals surface area contributed by atoms with E-state index in [1.54, 1.807) is 36.5 Å². The Balaban J connectivity index is 1.41. The van der Waals surface area contributed by atoms with E-state index < -0.39 is 11.7 Å². The number of aromatic nitrogens is 1. The molecule has 0 amide bonds. The molecule has 2 heterocycles. The van der Waals surface area contributed by atoms with Crippen LogP contribution in [0.1, 0.15) is 22.7 Å². The molecule has 4 nitrogen and oxygen atoms in total. The highest BCUT2D eigenvalue weighted by Gasteiger charge is 2.35. The molecule has 4 aromatic rings. The van der Waals surface area contributed by atoms with Crippen molar-refractivity contribution in [3.63, 3.8) is 0 Å². The molecule has 1 aromatic heterocycles. The monoisotopic (exact) mass is 509 g/mol. The van der Waals surface area contributed by atoms with Crippen LogP contribution in [0.4, 0.5) is 18.9 Å². The summed E-state index contributed by atoms with van der Waals surface area (Å²) in [6, 6.07) is 23.9. The lowest BCUT2D eigenvalue weighted by Gasteiger charge is -2.27. The topological polar surface area (TPSA) is 28.6 Å². The van der Waals surface area contributed by atoms with E-state index in [2.05, 4.69) is 14.8 Å². The zero-order valence-electron chi connectivity index (χ0n) is 19.2. The fourth-order valence-electron chi connectivity index (χ4n) is 4.39. The molecule has 1 aliphatic heterocycles. The molecule has 0 aliphatic carbocycles. The van der Waals surface area contributed by atoms with Gasteiger partial charge in [-0.3, -0.25) is 9.88 Å². The number of pyridine rings is 1. The number of rotatable bonds is 6. The van der Waals surface area contributed by atoms with Gasteiger partial charge in [-0.2, -0.15) is 13.2 Å². The van der Waals surface area contributed by atoms with E-state index in [0.717, 1.165) is 17.3 Å². The van der Waals surface area contributed by atoms with Crippen molar-refractivity contribution in [1.82, 2.24) is 9.88 Å². The number of benzene rings is 3. The molecular weight excluding hydrogens is 487 g/mol. The van der Waals surface area contributed by atoms with E-state index in [1.807, 2.05) is 42.6 Å². The maximum absolute atomic E-state index is 13.4. The largest absolute Gasteiger partial charge is 0.457 e. The van der Waals surface area contributed by atoms with E-state index in [0.29, 0.717) is 41.8 Å². The van der Waals surface area contributed by atoms with Gasteiger partial charge < -0.3 is 9.64 Å². The van der Waals surface area contributed by atoms with Crippen LogP contribution in [0.15, 0.2) is 97.3 Å². The lowest BCUT2D eigenvalue weighted by molar-refractivity contribution is -0.137. The fraction of sp³-hybridized carbons (Fsp3) is 0.179. The minimum absolute atomic E-state index is 0.244. The number of halogens is 4. The molecule has 1 atom stereocenters. The molecule has 8 heteroatoms. The van der Waals surface area contributed by atoms with Crippen molar-refractivity contribution >= 4 is 17.3 Å². The molecule has 3 aromatic carbocycles. The third-order valence-corrected chi connectivity index (χ3v) is 6.36. The third kappa shape index (κ3) is 5.64. The van der Waals surface area contributed by atoms with Crippen LogP contribution < -0.4 is 9.64 Å². The van der Waals surface area contributed by atoms with Gasteiger partial charge in [0.15, 0.2) is 0 Å². The SMILES string of the molecule is FC(F)(F)c1cccc(C2CN(Cc3cccnc3)CN2c2ccc(Oc3ccc(Cl)cc3)cc2)c1. The van der Waals surface area contributed by atoms with Crippen molar-refractivity contribution in [3.8, 4) is 11.5 Å². The van der Waals surface area contributed by atoms with Gasteiger partial charge in [0.05, 0.1) is 18.3 Å². The summed E-state index contributed by atoms with van der Waals surface area (Å²) in [5.41, 5.74) is 1.93. The Morgan fingerprint density at radius 3 is 2.31 bits per heavy atom. The summed E-state index contributed by atoms with van der Waals surface area (Å²) >= 11 is 5.94. The Kier molecular flexibility index (Phi) is 6.85. The summed E-state index contributed by atoms with van der Waals surface area (Å²) in [7, 11) is 0. The van der Waals surface area contributed by atoms with Crippen molar-refractivity contribution in [2.45, 2.75) is 18.8 Å². The summed E-state index contributed by atoms with van der Waals surface area (Å²) in [6.45, 7) is 1.80. The number of hydrogen-bond acceptors (Lipinski definition) is 4. The highest BCUT2D eigenvalue weighted by molar-refractivity contribution is 6.30. The summed E-state index contributed by atoms with van der Waals surface area (Å²) in [4.78, 5) is 8.51. The minimum atomic E-state index is -4.39. The molecule has 0 radical (unpaired) electrons. The van der Waals surface area contributed by atoms with Crippen LogP contribution in [0.3, 0.4) is 0 Å². The Bertz CT molecular complexity index is 1300. The smallest absolute Gasteiger partial charge is 0.416 e. The second kappa shape index (κ2) is 10.2. The van der Waals surface area contributed by atoms with Gasteiger partial charge in [-0.25, -0.2) is 0 Å². The second-order valence-electron chi connectivity index (χ2n) is 8.67. The summed E-state index contributed by atoms with van der Waals surface area (Å²) in [5, 5.41) is 0.628. The average molecular weight is 510 g/mol. The molecule has 0 saturated carbocycles. The van der Waals surface area contributed by atoms with Crippen molar-refractivity contribution in [1.29, 1.82) is 0 Å². The number of nitrogens with zero attached hydrogens (tertiary/aromatic N) is 3. The molecule has 36 heavy (non-hydrogen) atoms. The number of alkyl halides is 3. The fourth-order valence-corrected chi connectivity index (χ4v) is 4.52. The first kappa shape index (κ1) is 24.2. The minimum Gasteiger partial charge on any atom is -0.457 e. The molecule has 0 N–H and O–H groups in total. The first-order valence-corrected chi connectivity index (χ1v) is 11.8. The predicted molar refractivity (Wildman–Crippen MR) is 134 cm³/mol. The third-order valence-electron chi connectivity index (χ3n) is 6.11. The Morgan fingerprint density at radius 1 is 0.917 bits per heavy atom. The van der Waals surface area contributed by atoms with E-state index in [-0.39, 0.29) is 6.04 Å². The summed E-state index contributed by atoms with van der Waals surface area (Å²) in [6.07, 6.45) is -0.862. The van der Waals surface area contributed by atoms with Crippen molar-refractivity contribution in [2.24, 2.45) is 0 Å². The molecule has 0 spiro atoms. The predicted octanol–water partition coefficient (Wildman–Crippen LogP) is 7.57. The first-order valence-electron chi connectivity index (χ1n) is 11.4. The zero-order chi connectivity index (χ0) is 25.1. The van der Waals surface area contributed by atoms with Crippen molar-refractivity contribution in [3.05, 3.63) is 119 Å². The van der Waals surface area contributed by atoms with Crippen LogP contribution in [-0.2, 0) is 12.7 Å². The Morgan fingerprint density at radius 2 is 1.64 bits per heavy atom. The maximum atomic E-state index is 13.4. The van der Waals surface area contributed by atoms with E-state index in [1.165, 1.54) is 12.1 Å². The van der Waals surface area contributed by atoms with Gasteiger partial charge in [0.1, 0.15) is 11.5 Å². The average Bonchev–Trinajstić information content (AvgIpc) is 3.30. The molecule has 1 unspecified atom stereocenters. The molecule has 1 aliphatic rings. The summed E-state index contributed by atoms with van der Waals surface area (Å²) in [5.74, 6) is 1.32. The summed E-state index contributed by atoms with van der Waals surface area (Å²) < 4.78 is 46.2. The van der Waals surface area contributed by atoms with Gasteiger partial charge in [0, 0.05) is 36.2 Å². The van der Waals surface area contributed by atoms with E-state index in [4.69, 9.17) is 16.3 Å². The van der Waals surface area contributed by atoms with Gasteiger partial charge in [-0.1, -0.05) is 29.8 Å². The molecule has 0 bridgehead atoms. The lowest BCUT2D eigenvalue weighted by atomic mass is 10.0. The van der Waals surface area contributed by atoms with Gasteiger partial charge in [-0.05, 0) is 77.9 Å². The number of ether oxygens (including phenoxy) is 1. The quantitative estimate of drug-likeness (QED) is 0.268. The van der Waals surface area contributed by atoms with Gasteiger partial charge >= 0.3 is 6.18 Å². The molecule has 1 fully saturated rings. The first-order chi connectivity index (χ1) is 17.3. The standard InChI is InChI=1S/C28H23ClF3N3O/c29-23-6-10-25(11-7-23)36-26-12-8-24(9-13-26)35-19-34(17-20-3-2-14-33-16-20)18-27(35)21-4-1-5-22(15-21)28(30,31)32/h1-16,27H,17-19H2. The number of anilines is 1. The highest BCUT2D eigenvalue weighted by Crippen LogP contribution is 2.37. The van der Waals surface area contributed by atoms with Crippen LogP contribution >= 0.6 is 11.6 Å². The van der Waals surface area contributed by atoms with Crippen molar-refractivity contribution < 1.29 is 17.9 Å². The van der Waals surface area contributed by atoms with Crippen LogP contribution in [0.5, 0.6) is 11.5 Å². The van der Waals surface area contributed by atoms with E-state index in [9.17, 15) is 13.2 Å². The van der Waals surface area contributed by atoms with Gasteiger partial charge in [-0.15, -0.1) is 0 Å². The molecule has 184 valence electrons.